The summed E-state index contributed by atoms with van der Waals surface area (Å²) in [6.07, 6.45) is 2.32. The number of carbonyl (C=O) groups excluding carboxylic acids is 2. The number of nitrogens with one attached hydrogen (secondary N) is 2. The van der Waals surface area contributed by atoms with Crippen LogP contribution in [-0.4, -0.2) is 55.6 Å². The summed E-state index contributed by atoms with van der Waals surface area (Å²) in [4.78, 5) is 33.1. The molecule has 6 aliphatic rings. The van der Waals surface area contributed by atoms with Gasteiger partial charge in [-0.3, -0.25) is 19.6 Å². The lowest BCUT2D eigenvalue weighted by Crippen LogP contribution is -2.38. The van der Waals surface area contributed by atoms with E-state index >= 15 is 0 Å². The second kappa shape index (κ2) is 10.2. The van der Waals surface area contributed by atoms with Crippen LogP contribution in [0.3, 0.4) is 0 Å². The normalized spacial score (nSPS) is 44.6. The van der Waals surface area contributed by atoms with Gasteiger partial charge in [0.25, 0.3) is 11.8 Å². The van der Waals surface area contributed by atoms with Gasteiger partial charge in [-0.1, -0.05) is 51.2 Å². The zero-order chi connectivity index (χ0) is 29.4. The smallest absolute Gasteiger partial charge is 0.253 e. The van der Waals surface area contributed by atoms with Crippen molar-refractivity contribution < 1.29 is 27.2 Å². The highest BCUT2D eigenvalue weighted by Crippen LogP contribution is 2.56. The molecule has 0 aromatic heterocycles. The number of amidine groups is 2. The van der Waals surface area contributed by atoms with E-state index in [4.69, 9.17) is 0 Å². The third kappa shape index (κ3) is 5.22. The summed E-state index contributed by atoms with van der Waals surface area (Å²) in [6, 6.07) is -0.377. The molecule has 0 radical (unpaired) electrons. The molecule has 2 N–H and O–H groups in total. The van der Waals surface area contributed by atoms with Crippen molar-refractivity contribution in [2.24, 2.45) is 45.5 Å². The molecule has 2 saturated heterocycles. The standard InChI is InChI=1S/2C14H20F2N2OS/c1-7(2)13(3)11(19)18-12(20-13)17-10-5-9-4-8(10)6-14(9,15)16;1-7(2)13(3)11(19)18-12(20-13)17-10-5-8-4-9(10)14(15,16)6-8/h2*7-10H,4-6H2,1-3H3,(H,17,18,19). The second-order valence-corrected chi connectivity index (χ2v) is 16.3. The number of carbonyl (C=O) groups is 2. The van der Waals surface area contributed by atoms with Crippen molar-refractivity contribution in [3.8, 4) is 0 Å². The lowest BCUT2D eigenvalue weighted by Gasteiger charge is -2.27. The maximum absolute atomic E-state index is 13.8. The van der Waals surface area contributed by atoms with E-state index in [1.807, 2.05) is 41.5 Å². The number of hydrogen-bond donors (Lipinski definition) is 2. The Labute approximate surface area is 242 Å². The molecule has 4 bridgehead atoms. The molecular weight excluding hydrogens is 564 g/mol. The number of amides is 2. The van der Waals surface area contributed by atoms with Gasteiger partial charge in [0.15, 0.2) is 10.3 Å². The lowest BCUT2D eigenvalue weighted by molar-refractivity contribution is -0.122. The quantitative estimate of drug-likeness (QED) is 0.380. The topological polar surface area (TPSA) is 82.9 Å². The van der Waals surface area contributed by atoms with Crippen LogP contribution in [0.5, 0.6) is 0 Å². The zero-order valence-electron chi connectivity index (χ0n) is 23.9. The number of alkyl halides is 4. The van der Waals surface area contributed by atoms with Crippen molar-refractivity contribution in [2.75, 3.05) is 0 Å². The van der Waals surface area contributed by atoms with Gasteiger partial charge in [-0.2, -0.15) is 0 Å². The summed E-state index contributed by atoms with van der Waals surface area (Å²) in [5.41, 5.74) is 0. The number of aliphatic imine (C=N–C) groups is 2. The molecule has 0 aromatic carbocycles. The van der Waals surface area contributed by atoms with Gasteiger partial charge in [0.05, 0.1) is 12.1 Å². The first-order valence-electron chi connectivity index (χ1n) is 14.4. The van der Waals surface area contributed by atoms with Crippen LogP contribution in [0, 0.1) is 35.5 Å². The van der Waals surface area contributed by atoms with Gasteiger partial charge in [-0.25, -0.2) is 17.6 Å². The van der Waals surface area contributed by atoms with Gasteiger partial charge in [0, 0.05) is 24.7 Å². The highest BCUT2D eigenvalue weighted by Gasteiger charge is 2.59. The fraction of sp³-hybridized carbons (Fsp3) is 0.857. The summed E-state index contributed by atoms with van der Waals surface area (Å²) in [6.45, 7) is 11.8. The van der Waals surface area contributed by atoms with E-state index in [-0.39, 0.29) is 60.4 Å². The molecule has 4 saturated carbocycles. The van der Waals surface area contributed by atoms with Gasteiger partial charge in [-0.15, -0.1) is 0 Å². The van der Waals surface area contributed by atoms with Crippen LogP contribution >= 0.6 is 23.5 Å². The van der Waals surface area contributed by atoms with E-state index in [2.05, 4.69) is 20.6 Å². The highest BCUT2D eigenvalue weighted by atomic mass is 32.2. The van der Waals surface area contributed by atoms with E-state index in [1.165, 1.54) is 23.5 Å². The average Bonchev–Trinajstić information content (AvgIpc) is 3.63. The fourth-order valence-electron chi connectivity index (χ4n) is 6.93. The van der Waals surface area contributed by atoms with Crippen molar-refractivity contribution >= 4 is 45.7 Å². The molecule has 2 heterocycles. The van der Waals surface area contributed by atoms with Crippen LogP contribution in [0.4, 0.5) is 17.6 Å². The van der Waals surface area contributed by atoms with Crippen molar-refractivity contribution in [3.05, 3.63) is 0 Å². The monoisotopic (exact) mass is 604 g/mol. The molecule has 8 atom stereocenters. The summed E-state index contributed by atoms with van der Waals surface area (Å²) in [5, 5.41) is 6.73. The van der Waals surface area contributed by atoms with Gasteiger partial charge < -0.3 is 10.6 Å². The molecule has 224 valence electrons. The Hall–Kier alpha value is -1.30. The number of rotatable bonds is 4. The van der Waals surface area contributed by atoms with Crippen molar-refractivity contribution in [2.45, 2.75) is 113 Å². The van der Waals surface area contributed by atoms with Gasteiger partial charge >= 0.3 is 0 Å². The maximum Gasteiger partial charge on any atom is 0.253 e. The Morgan fingerprint density at radius 2 is 1.27 bits per heavy atom. The van der Waals surface area contributed by atoms with E-state index in [0.29, 0.717) is 29.6 Å². The number of hydrogen-bond acceptors (Lipinski definition) is 6. The molecular formula is C28H40F4N4O2S2. The molecule has 6 nitrogen and oxygen atoms in total. The van der Waals surface area contributed by atoms with Crippen molar-refractivity contribution in [1.29, 1.82) is 0 Å². The average molecular weight is 605 g/mol. The molecule has 12 heteroatoms. The summed E-state index contributed by atoms with van der Waals surface area (Å²) >= 11 is 2.83. The lowest BCUT2D eigenvalue weighted by atomic mass is 9.92. The van der Waals surface area contributed by atoms with Crippen LogP contribution in [0.15, 0.2) is 9.98 Å². The maximum atomic E-state index is 13.8. The number of thioether (sulfide) groups is 2. The summed E-state index contributed by atoms with van der Waals surface area (Å²) in [7, 11) is 0. The Morgan fingerprint density at radius 3 is 1.65 bits per heavy atom. The van der Waals surface area contributed by atoms with E-state index in [9.17, 15) is 27.2 Å². The first kappa shape index (κ1) is 30.2. The van der Waals surface area contributed by atoms with Crippen molar-refractivity contribution in [3.63, 3.8) is 0 Å². The molecule has 2 aliphatic heterocycles. The largest absolute Gasteiger partial charge is 0.304 e. The van der Waals surface area contributed by atoms with Gasteiger partial charge in [0.2, 0.25) is 11.8 Å². The molecule has 40 heavy (non-hydrogen) atoms. The Kier molecular flexibility index (Phi) is 7.66. The van der Waals surface area contributed by atoms with Crippen LogP contribution in [0.2, 0.25) is 0 Å². The highest BCUT2D eigenvalue weighted by molar-refractivity contribution is 8.16. The van der Waals surface area contributed by atoms with Crippen LogP contribution in [0.1, 0.15) is 80.1 Å². The number of nitrogens with zero attached hydrogens (tertiary/aromatic N) is 2. The number of halogens is 4. The number of fused-ring (bicyclic) bond motifs is 4. The van der Waals surface area contributed by atoms with E-state index < -0.39 is 33.2 Å². The molecule has 0 spiro atoms. The Bertz CT molecular complexity index is 1130. The molecule has 8 unspecified atom stereocenters. The summed E-state index contributed by atoms with van der Waals surface area (Å²) in [5.74, 6) is -5.87. The van der Waals surface area contributed by atoms with Crippen LogP contribution in [0.25, 0.3) is 0 Å². The van der Waals surface area contributed by atoms with Crippen LogP contribution < -0.4 is 10.6 Å². The molecule has 6 rings (SSSR count). The minimum Gasteiger partial charge on any atom is -0.304 e. The predicted octanol–water partition coefficient (Wildman–Crippen LogP) is 6.11. The molecule has 2 amide bonds. The molecule has 4 aliphatic carbocycles. The Morgan fingerprint density at radius 1 is 0.750 bits per heavy atom. The predicted molar refractivity (Wildman–Crippen MR) is 152 cm³/mol. The first-order chi connectivity index (χ1) is 18.4. The third-order valence-corrected chi connectivity index (χ3v) is 13.2. The van der Waals surface area contributed by atoms with Gasteiger partial charge in [-0.05, 0) is 63.2 Å². The minimum absolute atomic E-state index is 0.0161. The first-order valence-corrected chi connectivity index (χ1v) is 16.0. The third-order valence-electron chi connectivity index (χ3n) is 10.2. The van der Waals surface area contributed by atoms with Crippen LogP contribution in [-0.2, 0) is 9.59 Å². The molecule has 6 fully saturated rings. The molecule has 0 aromatic rings. The summed E-state index contributed by atoms with van der Waals surface area (Å²) < 4.78 is 53.5. The van der Waals surface area contributed by atoms with Crippen molar-refractivity contribution in [1.82, 2.24) is 10.6 Å². The SMILES string of the molecule is CC(C)C1(C)SC(=NC2CC3CC2C(F)(F)C3)NC1=O.CC(C)C1(C)SC(=NC2CC3CC2CC3(F)F)NC1=O. The Balaban J connectivity index is 0.000000161. The fourth-order valence-corrected chi connectivity index (χ4v) is 9.15. The van der Waals surface area contributed by atoms with E-state index in [0.717, 1.165) is 6.42 Å². The van der Waals surface area contributed by atoms with Gasteiger partial charge in [0.1, 0.15) is 9.49 Å². The van der Waals surface area contributed by atoms with E-state index in [1.54, 1.807) is 0 Å². The minimum atomic E-state index is -2.58. The second-order valence-electron chi connectivity index (χ2n) is 13.4. The zero-order valence-corrected chi connectivity index (χ0v) is 25.5.